The van der Waals surface area contributed by atoms with Gasteiger partial charge in [0.05, 0.1) is 27.9 Å². The van der Waals surface area contributed by atoms with E-state index in [2.05, 4.69) is 4.98 Å². The molecule has 11 heteroatoms. The molecule has 4 aromatic rings. The highest BCUT2D eigenvalue weighted by Crippen LogP contribution is 2.34. The Labute approximate surface area is 216 Å². The van der Waals surface area contributed by atoms with Crippen molar-refractivity contribution in [1.29, 1.82) is 0 Å². The van der Waals surface area contributed by atoms with Crippen LogP contribution in [-0.4, -0.2) is 36.7 Å². The molecule has 0 aliphatic carbocycles. The summed E-state index contributed by atoms with van der Waals surface area (Å²) < 4.78 is 33.9. The number of piperidine rings is 1. The Morgan fingerprint density at radius 2 is 1.80 bits per heavy atom. The topological polar surface area (TPSA) is 83.7 Å². The van der Waals surface area contributed by atoms with Gasteiger partial charge in [-0.25, -0.2) is 13.4 Å². The number of fused-ring (bicyclic) bond motifs is 1. The number of amides is 1. The molecule has 0 saturated carbocycles. The van der Waals surface area contributed by atoms with Crippen LogP contribution in [-0.2, 0) is 21.4 Å². The summed E-state index contributed by atoms with van der Waals surface area (Å²) in [7, 11) is -3.65. The summed E-state index contributed by atoms with van der Waals surface area (Å²) >= 11 is 13.4. The lowest BCUT2D eigenvalue weighted by Crippen LogP contribution is -2.44. The van der Waals surface area contributed by atoms with Crippen molar-refractivity contribution in [3.05, 3.63) is 76.7 Å². The SMILES string of the molecule is O=C(C1CCN(S(=O)(=O)c2ccc(Cl)cc2)CC1)N(Cc1ccco1)c1nc2ccc(Cl)cc2s1. The molecule has 1 saturated heterocycles. The molecular weight excluding hydrogens is 529 g/mol. The highest BCUT2D eigenvalue weighted by molar-refractivity contribution is 7.89. The van der Waals surface area contributed by atoms with Gasteiger partial charge in [-0.1, -0.05) is 34.5 Å². The first-order chi connectivity index (χ1) is 16.8. The minimum absolute atomic E-state index is 0.102. The Morgan fingerprint density at radius 1 is 1.09 bits per heavy atom. The van der Waals surface area contributed by atoms with Crippen molar-refractivity contribution in [2.75, 3.05) is 18.0 Å². The third-order valence-corrected chi connectivity index (χ3v) is 9.43. The number of furan rings is 1. The summed E-state index contributed by atoms with van der Waals surface area (Å²) in [5.41, 5.74) is 0.760. The van der Waals surface area contributed by atoms with Crippen molar-refractivity contribution < 1.29 is 17.6 Å². The molecule has 0 radical (unpaired) electrons. The molecule has 1 aliphatic rings. The van der Waals surface area contributed by atoms with Crippen molar-refractivity contribution in [2.24, 2.45) is 5.92 Å². The number of carbonyl (C=O) groups is 1. The van der Waals surface area contributed by atoms with Crippen molar-refractivity contribution in [3.63, 3.8) is 0 Å². The van der Waals surface area contributed by atoms with Gasteiger partial charge in [0, 0.05) is 29.1 Å². The molecule has 2 aromatic heterocycles. The molecule has 35 heavy (non-hydrogen) atoms. The van der Waals surface area contributed by atoms with Crippen LogP contribution in [0.15, 0.2) is 70.2 Å². The van der Waals surface area contributed by atoms with Crippen molar-refractivity contribution in [1.82, 2.24) is 9.29 Å². The lowest BCUT2D eigenvalue weighted by molar-refractivity contribution is -0.123. The van der Waals surface area contributed by atoms with Gasteiger partial charge in [0.15, 0.2) is 5.13 Å². The Morgan fingerprint density at radius 3 is 2.49 bits per heavy atom. The summed E-state index contributed by atoms with van der Waals surface area (Å²) in [4.78, 5) is 20.2. The monoisotopic (exact) mass is 549 g/mol. The highest BCUT2D eigenvalue weighted by Gasteiger charge is 2.35. The van der Waals surface area contributed by atoms with Crippen LogP contribution < -0.4 is 4.90 Å². The molecule has 7 nitrogen and oxygen atoms in total. The second kappa shape index (κ2) is 9.91. The molecule has 0 atom stereocenters. The molecule has 0 spiro atoms. The van der Waals surface area contributed by atoms with E-state index in [1.54, 1.807) is 35.4 Å². The number of anilines is 1. The zero-order chi connectivity index (χ0) is 24.6. The van der Waals surface area contributed by atoms with Gasteiger partial charge in [0.1, 0.15) is 5.76 Å². The number of hydrogen-bond donors (Lipinski definition) is 0. The largest absolute Gasteiger partial charge is 0.467 e. The number of sulfonamides is 1. The number of nitrogens with zero attached hydrogens (tertiary/aromatic N) is 3. The smallest absolute Gasteiger partial charge is 0.243 e. The lowest BCUT2D eigenvalue weighted by Gasteiger charge is -2.32. The van der Waals surface area contributed by atoms with Gasteiger partial charge in [-0.3, -0.25) is 9.69 Å². The van der Waals surface area contributed by atoms with E-state index in [0.29, 0.717) is 33.8 Å². The van der Waals surface area contributed by atoms with E-state index in [0.717, 1.165) is 10.2 Å². The fourth-order valence-electron chi connectivity index (χ4n) is 4.12. The fourth-order valence-corrected chi connectivity index (χ4v) is 6.96. The summed E-state index contributed by atoms with van der Waals surface area (Å²) in [5.74, 6) is 0.200. The first-order valence-corrected chi connectivity index (χ1v) is 14.0. The minimum atomic E-state index is -3.65. The summed E-state index contributed by atoms with van der Waals surface area (Å²) in [6.07, 6.45) is 2.39. The molecule has 1 fully saturated rings. The van der Waals surface area contributed by atoms with Crippen LogP contribution in [0.5, 0.6) is 0 Å². The van der Waals surface area contributed by atoms with Crippen molar-refractivity contribution in [3.8, 4) is 0 Å². The number of halogens is 2. The average Bonchev–Trinajstić information content (AvgIpc) is 3.52. The quantitative estimate of drug-likeness (QED) is 0.302. The van der Waals surface area contributed by atoms with Crippen LogP contribution in [0.25, 0.3) is 10.2 Å². The lowest BCUT2D eigenvalue weighted by atomic mass is 9.96. The van der Waals surface area contributed by atoms with Gasteiger partial charge in [0.25, 0.3) is 0 Å². The van der Waals surface area contributed by atoms with Crippen LogP contribution in [0.2, 0.25) is 10.0 Å². The fraction of sp³-hybridized carbons (Fsp3) is 0.250. The van der Waals surface area contributed by atoms with Crippen LogP contribution in [0, 0.1) is 5.92 Å². The first-order valence-electron chi connectivity index (χ1n) is 11.0. The molecule has 3 heterocycles. The maximum Gasteiger partial charge on any atom is 0.243 e. The molecule has 1 amide bonds. The molecule has 182 valence electrons. The summed E-state index contributed by atoms with van der Waals surface area (Å²) in [6, 6.07) is 15.1. The molecule has 0 unspecified atom stereocenters. The predicted octanol–water partition coefficient (Wildman–Crippen LogP) is 5.83. The predicted molar refractivity (Wildman–Crippen MR) is 137 cm³/mol. The van der Waals surface area contributed by atoms with Gasteiger partial charge in [-0.05, 0) is 67.4 Å². The zero-order valence-corrected chi connectivity index (χ0v) is 21.6. The second-order valence-electron chi connectivity index (χ2n) is 8.24. The Bertz CT molecular complexity index is 1450. The molecule has 0 N–H and O–H groups in total. The second-order valence-corrected chi connectivity index (χ2v) is 12.1. The molecule has 1 aliphatic heterocycles. The van der Waals surface area contributed by atoms with E-state index in [9.17, 15) is 13.2 Å². The first kappa shape index (κ1) is 24.3. The maximum atomic E-state index is 13.7. The van der Waals surface area contributed by atoms with E-state index in [1.165, 1.54) is 27.8 Å². The average molecular weight is 550 g/mol. The highest BCUT2D eigenvalue weighted by atomic mass is 35.5. The van der Waals surface area contributed by atoms with E-state index in [-0.39, 0.29) is 36.4 Å². The number of aromatic nitrogens is 1. The van der Waals surface area contributed by atoms with E-state index < -0.39 is 10.0 Å². The molecule has 2 aromatic carbocycles. The molecule has 5 rings (SSSR count). The Hall–Kier alpha value is -2.43. The summed E-state index contributed by atoms with van der Waals surface area (Å²) in [6.45, 7) is 0.750. The third kappa shape index (κ3) is 5.10. The van der Waals surface area contributed by atoms with Gasteiger partial charge < -0.3 is 4.42 Å². The number of rotatable bonds is 6. The number of hydrogen-bond acceptors (Lipinski definition) is 6. The van der Waals surface area contributed by atoms with Crippen LogP contribution in [0.3, 0.4) is 0 Å². The number of carbonyl (C=O) groups excluding carboxylic acids is 1. The van der Waals surface area contributed by atoms with Crippen molar-refractivity contribution >= 4 is 65.8 Å². The van der Waals surface area contributed by atoms with Gasteiger partial charge in [-0.2, -0.15) is 4.31 Å². The Kier molecular flexibility index (Phi) is 6.87. The van der Waals surface area contributed by atoms with Crippen molar-refractivity contribution in [2.45, 2.75) is 24.3 Å². The van der Waals surface area contributed by atoms with Gasteiger partial charge in [-0.15, -0.1) is 0 Å². The maximum absolute atomic E-state index is 13.7. The third-order valence-electron chi connectivity index (χ3n) is 5.98. The standard InChI is InChI=1S/C24H21Cl2N3O4S2/c25-17-3-6-20(7-4-17)35(31,32)28-11-9-16(10-12-28)23(30)29(15-19-2-1-13-33-19)24-27-21-8-5-18(26)14-22(21)34-24/h1-8,13-14,16H,9-12,15H2. The normalized spacial score (nSPS) is 15.5. The van der Waals surface area contributed by atoms with Crippen LogP contribution in [0.4, 0.5) is 5.13 Å². The number of benzene rings is 2. The number of thiazole rings is 1. The van der Waals surface area contributed by atoms with Crippen LogP contribution >= 0.6 is 34.5 Å². The van der Waals surface area contributed by atoms with Crippen LogP contribution in [0.1, 0.15) is 18.6 Å². The minimum Gasteiger partial charge on any atom is -0.467 e. The van der Waals surface area contributed by atoms with Gasteiger partial charge in [0.2, 0.25) is 15.9 Å². The van der Waals surface area contributed by atoms with Gasteiger partial charge >= 0.3 is 0 Å². The Balaban J connectivity index is 1.35. The molecular formula is C24H21Cl2N3O4S2. The van der Waals surface area contributed by atoms with E-state index in [4.69, 9.17) is 27.6 Å². The zero-order valence-electron chi connectivity index (χ0n) is 18.4. The van der Waals surface area contributed by atoms with E-state index in [1.807, 2.05) is 18.2 Å². The molecule has 0 bridgehead atoms. The summed E-state index contributed by atoms with van der Waals surface area (Å²) in [5, 5.41) is 1.63. The van der Waals surface area contributed by atoms with E-state index >= 15 is 0 Å².